The monoisotopic (exact) mass is 530 g/mol. The molecule has 0 saturated carbocycles. The Morgan fingerprint density at radius 1 is 1.08 bits per heavy atom. The molecule has 1 aromatic carbocycles. The van der Waals surface area contributed by atoms with E-state index in [1.807, 2.05) is 17.2 Å². The molecule has 0 spiro atoms. The molecular formula is C29H31ClN6O2. The van der Waals surface area contributed by atoms with Gasteiger partial charge in [-0.25, -0.2) is 15.0 Å². The number of benzene rings is 1. The first-order valence-corrected chi connectivity index (χ1v) is 13.5. The van der Waals surface area contributed by atoms with Crippen molar-refractivity contribution in [1.82, 2.24) is 29.2 Å². The second kappa shape index (κ2) is 10.0. The zero-order valence-corrected chi connectivity index (χ0v) is 22.6. The second-order valence-electron chi connectivity index (χ2n) is 10.4. The van der Waals surface area contributed by atoms with Crippen molar-refractivity contribution < 1.29 is 9.53 Å². The number of ether oxygens (including phenoxy) is 1. The molecule has 6 rings (SSSR count). The lowest BCUT2D eigenvalue weighted by atomic mass is 10.0. The summed E-state index contributed by atoms with van der Waals surface area (Å²) < 4.78 is 7.32. The van der Waals surface area contributed by atoms with Gasteiger partial charge in [-0.2, -0.15) is 0 Å². The Labute approximate surface area is 227 Å². The normalized spacial score (nSPS) is 19.4. The van der Waals surface area contributed by atoms with Gasteiger partial charge in [0, 0.05) is 55.7 Å². The molecule has 2 saturated heterocycles. The van der Waals surface area contributed by atoms with Crippen LogP contribution < -0.4 is 4.74 Å². The van der Waals surface area contributed by atoms with Gasteiger partial charge in [0.1, 0.15) is 0 Å². The molecule has 3 aromatic heterocycles. The third-order valence-corrected chi connectivity index (χ3v) is 8.06. The summed E-state index contributed by atoms with van der Waals surface area (Å²) >= 11 is 6.37. The molecule has 8 nitrogen and oxygen atoms in total. The Morgan fingerprint density at radius 3 is 2.50 bits per heavy atom. The Morgan fingerprint density at radius 2 is 1.82 bits per heavy atom. The smallest absolute Gasteiger partial charge is 0.274 e. The molecule has 2 bridgehead atoms. The van der Waals surface area contributed by atoms with Gasteiger partial charge in [-0.3, -0.25) is 14.1 Å². The van der Waals surface area contributed by atoms with Gasteiger partial charge in [0.05, 0.1) is 23.5 Å². The van der Waals surface area contributed by atoms with Gasteiger partial charge in [-0.1, -0.05) is 49.7 Å². The lowest BCUT2D eigenvalue weighted by molar-refractivity contribution is 0.0396. The first-order valence-electron chi connectivity index (χ1n) is 13.1. The summed E-state index contributed by atoms with van der Waals surface area (Å²) in [5, 5.41) is 0.351. The number of methoxy groups -OCH3 is 1. The molecule has 196 valence electrons. The van der Waals surface area contributed by atoms with E-state index >= 15 is 0 Å². The topological polar surface area (TPSA) is 75.9 Å². The van der Waals surface area contributed by atoms with Crippen LogP contribution in [0.4, 0.5) is 0 Å². The number of nitrogens with zero attached hydrogens (tertiary/aromatic N) is 6. The van der Waals surface area contributed by atoms with E-state index < -0.39 is 0 Å². The summed E-state index contributed by atoms with van der Waals surface area (Å²) in [7, 11) is 1.54. The van der Waals surface area contributed by atoms with Crippen molar-refractivity contribution in [3.05, 3.63) is 76.8 Å². The van der Waals surface area contributed by atoms with E-state index in [2.05, 4.69) is 57.4 Å². The molecule has 38 heavy (non-hydrogen) atoms. The summed E-state index contributed by atoms with van der Waals surface area (Å²) in [6.45, 7) is 6.69. The first-order chi connectivity index (χ1) is 18.4. The van der Waals surface area contributed by atoms with Crippen molar-refractivity contribution in [3.8, 4) is 17.1 Å². The highest BCUT2D eigenvalue weighted by Crippen LogP contribution is 2.35. The highest BCUT2D eigenvalue weighted by atomic mass is 35.5. The number of pyridine rings is 1. The number of aromatic nitrogens is 4. The average Bonchev–Trinajstić information content (AvgIpc) is 3.42. The van der Waals surface area contributed by atoms with Gasteiger partial charge in [0.2, 0.25) is 11.7 Å². The lowest BCUT2D eigenvalue weighted by Crippen LogP contribution is -2.55. The lowest BCUT2D eigenvalue weighted by Gasteiger charge is -2.41. The van der Waals surface area contributed by atoms with Crippen LogP contribution in [0.2, 0.25) is 5.02 Å². The summed E-state index contributed by atoms with van der Waals surface area (Å²) in [4.78, 5) is 31.8. The van der Waals surface area contributed by atoms with E-state index in [0.29, 0.717) is 22.6 Å². The van der Waals surface area contributed by atoms with E-state index in [1.54, 1.807) is 18.3 Å². The second-order valence-corrected chi connectivity index (χ2v) is 10.9. The molecule has 0 radical (unpaired) electrons. The standard InChI is InChI=1S/C29H31ClN6O2/c1-18(2)19-5-7-20(8-6-19)26-24(35-14-4-13-31-29(35)33-26)17-34-15-21-9-10-22(16-34)36(21)28(37)27-23(30)11-12-25(32-27)38-3/h4-8,11-14,18,21-22H,9-10,15-17H2,1-3H3. The van der Waals surface area contributed by atoms with Gasteiger partial charge in [-0.05, 0) is 36.5 Å². The minimum absolute atomic E-state index is 0.108. The molecule has 2 fully saturated rings. The number of likely N-dealkylation sites (tertiary alicyclic amines) is 1. The molecule has 9 heteroatoms. The van der Waals surface area contributed by atoms with Crippen LogP contribution in [0.3, 0.4) is 0 Å². The van der Waals surface area contributed by atoms with Gasteiger partial charge in [-0.15, -0.1) is 0 Å². The van der Waals surface area contributed by atoms with Crippen LogP contribution in [-0.4, -0.2) is 67.3 Å². The van der Waals surface area contributed by atoms with Gasteiger partial charge >= 0.3 is 0 Å². The molecule has 2 unspecified atom stereocenters. The van der Waals surface area contributed by atoms with Crippen molar-refractivity contribution in [3.63, 3.8) is 0 Å². The SMILES string of the molecule is COc1ccc(Cl)c(C(=O)N2C3CCC2CN(Cc2c(-c4ccc(C(C)C)cc4)nc4ncccn24)C3)n1. The maximum atomic E-state index is 13.5. The van der Waals surface area contributed by atoms with Gasteiger partial charge in [0.25, 0.3) is 5.91 Å². The number of halogens is 1. The Hall–Kier alpha value is -3.49. The average molecular weight is 531 g/mol. The van der Waals surface area contributed by atoms with Crippen LogP contribution in [0.25, 0.3) is 17.0 Å². The number of carbonyl (C=O) groups is 1. The molecular weight excluding hydrogens is 500 g/mol. The van der Waals surface area contributed by atoms with E-state index in [1.165, 1.54) is 12.7 Å². The number of hydrogen-bond acceptors (Lipinski definition) is 6. The zero-order valence-electron chi connectivity index (χ0n) is 21.8. The van der Waals surface area contributed by atoms with Crippen molar-refractivity contribution in [1.29, 1.82) is 0 Å². The summed E-state index contributed by atoms with van der Waals surface area (Å²) in [6, 6.07) is 14.2. The molecule has 2 aliphatic heterocycles. The Kier molecular flexibility index (Phi) is 6.53. The molecule has 2 aliphatic rings. The third-order valence-electron chi connectivity index (χ3n) is 7.75. The van der Waals surface area contributed by atoms with Crippen LogP contribution in [0, 0.1) is 0 Å². The predicted molar refractivity (Wildman–Crippen MR) is 147 cm³/mol. The fourth-order valence-electron chi connectivity index (χ4n) is 5.82. The first kappa shape index (κ1) is 24.8. The number of carbonyl (C=O) groups excluding carboxylic acids is 1. The molecule has 4 aromatic rings. The van der Waals surface area contributed by atoms with Crippen LogP contribution >= 0.6 is 11.6 Å². The highest BCUT2D eigenvalue weighted by molar-refractivity contribution is 6.33. The summed E-state index contributed by atoms with van der Waals surface area (Å²) in [6.07, 6.45) is 5.74. The molecule has 5 heterocycles. The summed E-state index contributed by atoms with van der Waals surface area (Å²) in [5.74, 6) is 1.44. The van der Waals surface area contributed by atoms with E-state index in [4.69, 9.17) is 21.3 Å². The number of amides is 1. The highest BCUT2D eigenvalue weighted by Gasteiger charge is 2.44. The fraction of sp³-hybridized carbons (Fsp3) is 0.379. The van der Waals surface area contributed by atoms with E-state index in [-0.39, 0.29) is 23.7 Å². The van der Waals surface area contributed by atoms with E-state index in [0.717, 1.165) is 49.4 Å². The van der Waals surface area contributed by atoms with Crippen LogP contribution in [0.1, 0.15) is 54.4 Å². The van der Waals surface area contributed by atoms with Crippen LogP contribution in [-0.2, 0) is 6.54 Å². The number of rotatable bonds is 6. The summed E-state index contributed by atoms with van der Waals surface area (Å²) in [5.41, 5.74) is 4.72. The third kappa shape index (κ3) is 4.41. The van der Waals surface area contributed by atoms with Crippen LogP contribution in [0.5, 0.6) is 5.88 Å². The Bertz CT molecular complexity index is 1470. The van der Waals surface area contributed by atoms with Crippen molar-refractivity contribution in [2.75, 3.05) is 20.2 Å². The zero-order chi connectivity index (χ0) is 26.4. The van der Waals surface area contributed by atoms with Crippen molar-refractivity contribution in [2.24, 2.45) is 0 Å². The quantitative estimate of drug-likeness (QED) is 0.346. The van der Waals surface area contributed by atoms with Crippen LogP contribution in [0.15, 0.2) is 54.9 Å². The maximum Gasteiger partial charge on any atom is 0.274 e. The number of fused-ring (bicyclic) bond motifs is 3. The number of imidazole rings is 1. The largest absolute Gasteiger partial charge is 0.481 e. The minimum atomic E-state index is -0.119. The van der Waals surface area contributed by atoms with Gasteiger partial charge in [0.15, 0.2) is 5.69 Å². The molecule has 1 amide bonds. The molecule has 0 N–H and O–H groups in total. The van der Waals surface area contributed by atoms with Crippen molar-refractivity contribution >= 4 is 23.3 Å². The minimum Gasteiger partial charge on any atom is -0.481 e. The maximum absolute atomic E-state index is 13.5. The molecule has 0 aliphatic carbocycles. The van der Waals surface area contributed by atoms with E-state index in [9.17, 15) is 4.79 Å². The fourth-order valence-corrected chi connectivity index (χ4v) is 6.00. The number of piperazine rings is 1. The van der Waals surface area contributed by atoms with Gasteiger partial charge < -0.3 is 9.64 Å². The number of hydrogen-bond donors (Lipinski definition) is 0. The predicted octanol–water partition coefficient (Wildman–Crippen LogP) is 5.07. The molecule has 2 atom stereocenters. The Balaban J connectivity index is 1.27. The van der Waals surface area contributed by atoms with Crippen molar-refractivity contribution in [2.45, 2.75) is 51.2 Å².